The van der Waals surface area contributed by atoms with E-state index < -0.39 is 0 Å². The molecular weight excluding hydrogens is 452 g/mol. The maximum atomic E-state index is 13.6. The summed E-state index contributed by atoms with van der Waals surface area (Å²) in [6.45, 7) is 5.38. The first-order valence-corrected chi connectivity index (χ1v) is 12.3. The van der Waals surface area contributed by atoms with E-state index in [1.807, 2.05) is 43.0 Å². The van der Waals surface area contributed by atoms with Crippen molar-refractivity contribution in [1.29, 1.82) is 0 Å². The molecule has 7 nitrogen and oxygen atoms in total. The first-order valence-electron chi connectivity index (χ1n) is 11.4. The minimum absolute atomic E-state index is 0.0116. The number of furan rings is 1. The molecule has 2 aromatic heterocycles. The molecule has 0 aliphatic carbocycles. The molecule has 2 amide bonds. The number of fused-ring (bicyclic) bond motifs is 1. The van der Waals surface area contributed by atoms with Crippen LogP contribution < -0.4 is 9.47 Å². The van der Waals surface area contributed by atoms with Gasteiger partial charge in [-0.1, -0.05) is 26.0 Å². The van der Waals surface area contributed by atoms with Crippen LogP contribution >= 0.6 is 11.3 Å². The fourth-order valence-electron chi connectivity index (χ4n) is 4.25. The van der Waals surface area contributed by atoms with Crippen LogP contribution in [-0.2, 0) is 11.2 Å². The van der Waals surface area contributed by atoms with Gasteiger partial charge in [0, 0.05) is 18.0 Å². The van der Waals surface area contributed by atoms with Crippen LogP contribution in [0.1, 0.15) is 40.9 Å². The second-order valence-corrected chi connectivity index (χ2v) is 9.67. The highest BCUT2D eigenvalue weighted by atomic mass is 32.1. The average Bonchev–Trinajstić information content (AvgIpc) is 3.53. The van der Waals surface area contributed by atoms with Gasteiger partial charge in [-0.25, -0.2) is 0 Å². The van der Waals surface area contributed by atoms with Crippen molar-refractivity contribution >= 4 is 23.2 Å². The van der Waals surface area contributed by atoms with Crippen molar-refractivity contribution in [3.63, 3.8) is 0 Å². The van der Waals surface area contributed by atoms with E-state index in [1.54, 1.807) is 35.5 Å². The molecule has 3 heterocycles. The minimum Gasteiger partial charge on any atom is -0.493 e. The van der Waals surface area contributed by atoms with E-state index in [1.165, 1.54) is 11.1 Å². The second-order valence-electron chi connectivity index (χ2n) is 8.67. The molecule has 0 saturated heterocycles. The average molecular weight is 483 g/mol. The number of carbonyl (C=O) groups excluding carboxylic acids is 2. The molecule has 0 bridgehead atoms. The number of amides is 2. The first-order chi connectivity index (χ1) is 16.5. The SMILES string of the molecule is COc1ccccc1OCC1c2ccsc2CCN1C(=O)CN(CC(C)C)C(=O)c1ccco1. The van der Waals surface area contributed by atoms with Crippen LogP contribution in [0.2, 0.25) is 0 Å². The molecule has 0 fully saturated rings. The second kappa shape index (κ2) is 10.8. The van der Waals surface area contributed by atoms with E-state index in [0.29, 0.717) is 31.2 Å². The molecular formula is C26H30N2O5S. The van der Waals surface area contributed by atoms with Gasteiger partial charge in [-0.3, -0.25) is 9.59 Å². The van der Waals surface area contributed by atoms with Gasteiger partial charge in [0.15, 0.2) is 17.3 Å². The van der Waals surface area contributed by atoms with Crippen LogP contribution in [-0.4, -0.2) is 55.0 Å². The summed E-state index contributed by atoms with van der Waals surface area (Å²) in [4.78, 5) is 31.3. The summed E-state index contributed by atoms with van der Waals surface area (Å²) in [6.07, 6.45) is 2.26. The number of ether oxygens (including phenoxy) is 2. The van der Waals surface area contributed by atoms with Crippen molar-refractivity contribution in [1.82, 2.24) is 9.80 Å². The molecule has 4 rings (SSSR count). The number of nitrogens with zero attached hydrogens (tertiary/aromatic N) is 2. The van der Waals surface area contributed by atoms with Crippen LogP contribution in [0.5, 0.6) is 11.5 Å². The third-order valence-corrected chi connectivity index (χ3v) is 6.81. The van der Waals surface area contributed by atoms with Crippen molar-refractivity contribution in [3.05, 3.63) is 70.3 Å². The lowest BCUT2D eigenvalue weighted by Gasteiger charge is -2.37. The summed E-state index contributed by atoms with van der Waals surface area (Å²) in [6, 6.07) is 12.6. The summed E-state index contributed by atoms with van der Waals surface area (Å²) in [5.41, 5.74) is 1.10. The van der Waals surface area contributed by atoms with Crippen molar-refractivity contribution in [3.8, 4) is 11.5 Å². The van der Waals surface area contributed by atoms with Crippen molar-refractivity contribution < 1.29 is 23.5 Å². The Balaban J connectivity index is 1.54. The van der Waals surface area contributed by atoms with Crippen molar-refractivity contribution in [2.24, 2.45) is 5.92 Å². The Morgan fingerprint density at radius 1 is 1.18 bits per heavy atom. The standard InChI is InChI=1S/C26H30N2O5S/c1-18(2)15-27(26(30)23-9-6-13-32-23)16-25(29)28-12-10-24-19(11-14-34-24)20(28)17-33-22-8-5-4-7-21(22)31-3/h4-9,11,13-14,18,20H,10,12,15-17H2,1-3H3. The molecule has 1 aromatic carbocycles. The van der Waals surface area contributed by atoms with Crippen LogP contribution in [0, 0.1) is 5.92 Å². The van der Waals surface area contributed by atoms with Crippen molar-refractivity contribution in [2.75, 3.05) is 33.4 Å². The summed E-state index contributed by atoms with van der Waals surface area (Å²) >= 11 is 1.70. The lowest BCUT2D eigenvalue weighted by molar-refractivity contribution is -0.135. The third kappa shape index (κ3) is 5.28. The Kier molecular flexibility index (Phi) is 7.57. The number of hydrogen-bond acceptors (Lipinski definition) is 6. The van der Waals surface area contributed by atoms with Gasteiger partial charge in [-0.2, -0.15) is 0 Å². The van der Waals surface area contributed by atoms with Gasteiger partial charge in [0.1, 0.15) is 13.2 Å². The van der Waals surface area contributed by atoms with Gasteiger partial charge >= 0.3 is 0 Å². The lowest BCUT2D eigenvalue weighted by atomic mass is 10.00. The smallest absolute Gasteiger partial charge is 0.290 e. The number of rotatable bonds is 9. The van der Waals surface area contributed by atoms with Gasteiger partial charge in [0.05, 0.1) is 19.4 Å². The summed E-state index contributed by atoms with van der Waals surface area (Å²) in [5.74, 6) is 1.35. The van der Waals surface area contributed by atoms with Gasteiger partial charge in [0.2, 0.25) is 5.91 Å². The van der Waals surface area contributed by atoms with Crippen LogP contribution in [0.25, 0.3) is 0 Å². The Hall–Kier alpha value is -3.26. The minimum atomic E-state index is -0.276. The maximum Gasteiger partial charge on any atom is 0.290 e. The number of hydrogen-bond donors (Lipinski definition) is 0. The van der Waals surface area contributed by atoms with Gasteiger partial charge < -0.3 is 23.7 Å². The Morgan fingerprint density at radius 2 is 1.97 bits per heavy atom. The third-order valence-electron chi connectivity index (χ3n) is 5.81. The number of carbonyl (C=O) groups is 2. The van der Waals surface area contributed by atoms with Gasteiger partial charge in [0.25, 0.3) is 5.91 Å². The fraction of sp³-hybridized carbons (Fsp3) is 0.385. The van der Waals surface area contributed by atoms with Crippen molar-refractivity contribution in [2.45, 2.75) is 26.3 Å². The molecule has 1 aliphatic rings. The highest BCUT2D eigenvalue weighted by Crippen LogP contribution is 2.35. The molecule has 0 spiro atoms. The van der Waals surface area contributed by atoms with E-state index in [2.05, 4.69) is 11.4 Å². The summed E-state index contributed by atoms with van der Waals surface area (Å²) in [7, 11) is 1.61. The topological polar surface area (TPSA) is 72.2 Å². The molecule has 8 heteroatoms. The Bertz CT molecular complexity index is 1110. The van der Waals surface area contributed by atoms with E-state index in [0.717, 1.165) is 12.0 Å². The first kappa shape index (κ1) is 23.9. The summed E-state index contributed by atoms with van der Waals surface area (Å²) in [5, 5.41) is 2.06. The zero-order valence-corrected chi connectivity index (χ0v) is 20.5. The summed E-state index contributed by atoms with van der Waals surface area (Å²) < 4.78 is 16.9. The highest BCUT2D eigenvalue weighted by molar-refractivity contribution is 7.10. The zero-order valence-electron chi connectivity index (χ0n) is 19.7. The molecule has 3 aromatic rings. The van der Waals surface area contributed by atoms with Crippen LogP contribution in [0.3, 0.4) is 0 Å². The number of para-hydroxylation sites is 2. The molecule has 0 saturated carbocycles. The Morgan fingerprint density at radius 3 is 2.68 bits per heavy atom. The van der Waals surface area contributed by atoms with E-state index in [4.69, 9.17) is 13.9 Å². The predicted octanol–water partition coefficient (Wildman–Crippen LogP) is 4.65. The molecule has 0 radical (unpaired) electrons. The number of methoxy groups -OCH3 is 1. The quantitative estimate of drug-likeness (QED) is 0.444. The van der Waals surface area contributed by atoms with Gasteiger partial charge in [-0.05, 0) is 53.6 Å². The molecule has 0 N–H and O–H groups in total. The number of benzene rings is 1. The normalized spacial score (nSPS) is 15.2. The Labute approximate surface area is 203 Å². The molecule has 180 valence electrons. The predicted molar refractivity (Wildman–Crippen MR) is 130 cm³/mol. The van der Waals surface area contributed by atoms with Crippen LogP contribution in [0.15, 0.2) is 58.5 Å². The maximum absolute atomic E-state index is 13.6. The number of thiophene rings is 1. The zero-order chi connectivity index (χ0) is 24.1. The van der Waals surface area contributed by atoms with E-state index in [9.17, 15) is 9.59 Å². The fourth-order valence-corrected chi connectivity index (χ4v) is 5.18. The van der Waals surface area contributed by atoms with E-state index >= 15 is 0 Å². The highest BCUT2D eigenvalue weighted by Gasteiger charge is 2.34. The molecule has 34 heavy (non-hydrogen) atoms. The van der Waals surface area contributed by atoms with Crippen LogP contribution in [0.4, 0.5) is 0 Å². The lowest BCUT2D eigenvalue weighted by Crippen LogP contribution is -2.48. The molecule has 1 unspecified atom stereocenters. The molecule has 1 aliphatic heterocycles. The molecule has 1 atom stereocenters. The largest absolute Gasteiger partial charge is 0.493 e. The monoisotopic (exact) mass is 482 g/mol. The van der Waals surface area contributed by atoms with Gasteiger partial charge in [-0.15, -0.1) is 11.3 Å². The van der Waals surface area contributed by atoms with E-state index in [-0.39, 0.29) is 36.1 Å².